The van der Waals surface area contributed by atoms with Crippen molar-refractivity contribution in [1.82, 2.24) is 0 Å². The summed E-state index contributed by atoms with van der Waals surface area (Å²) in [7, 11) is 0. The highest BCUT2D eigenvalue weighted by atomic mass is 35.5. The summed E-state index contributed by atoms with van der Waals surface area (Å²) in [6, 6.07) is 10.9. The van der Waals surface area contributed by atoms with E-state index < -0.39 is 11.7 Å². The second-order valence-corrected chi connectivity index (χ2v) is 4.97. The maximum atomic E-state index is 13.4. The van der Waals surface area contributed by atoms with Crippen LogP contribution < -0.4 is 10.1 Å². The van der Waals surface area contributed by atoms with Gasteiger partial charge in [-0.05, 0) is 42.8 Å². The van der Waals surface area contributed by atoms with Gasteiger partial charge >= 0.3 is 0 Å². The summed E-state index contributed by atoms with van der Waals surface area (Å²) >= 11 is 5.93. The molecular weight excluding hydrogens is 307 g/mol. The van der Waals surface area contributed by atoms with Gasteiger partial charge in [-0.15, -0.1) is 0 Å². The molecule has 2 aromatic carbocycles. The standard InChI is InChI=1S/C16H12ClFN2O2/c1-10-2-4-12(7-14(10)18)20-16(21)9-22-15-5-3-11(8-19)6-13(15)17/h2-7H,9H2,1H3,(H,20,21). The first-order valence-corrected chi connectivity index (χ1v) is 6.76. The lowest BCUT2D eigenvalue weighted by molar-refractivity contribution is -0.118. The summed E-state index contributed by atoms with van der Waals surface area (Å²) in [5, 5.41) is 11.5. The number of carbonyl (C=O) groups is 1. The summed E-state index contributed by atoms with van der Waals surface area (Å²) in [5.74, 6) is -0.538. The monoisotopic (exact) mass is 318 g/mol. The fraction of sp³-hybridized carbons (Fsp3) is 0.125. The Bertz CT molecular complexity index is 756. The third-order valence-electron chi connectivity index (χ3n) is 2.88. The van der Waals surface area contributed by atoms with Crippen molar-refractivity contribution in [3.05, 3.63) is 58.4 Å². The summed E-state index contributed by atoms with van der Waals surface area (Å²) in [4.78, 5) is 11.8. The number of hydrogen-bond acceptors (Lipinski definition) is 3. The van der Waals surface area contributed by atoms with Crippen LogP contribution in [0.3, 0.4) is 0 Å². The van der Waals surface area contributed by atoms with Crippen molar-refractivity contribution in [1.29, 1.82) is 5.26 Å². The quantitative estimate of drug-likeness (QED) is 0.935. The number of benzene rings is 2. The van der Waals surface area contributed by atoms with Crippen LogP contribution >= 0.6 is 11.6 Å². The first-order valence-electron chi connectivity index (χ1n) is 6.38. The minimum absolute atomic E-state index is 0.244. The average Bonchev–Trinajstić information content (AvgIpc) is 2.49. The lowest BCUT2D eigenvalue weighted by atomic mass is 10.2. The molecule has 0 aliphatic rings. The van der Waals surface area contributed by atoms with Crippen molar-refractivity contribution >= 4 is 23.2 Å². The van der Waals surface area contributed by atoms with Gasteiger partial charge in [0.1, 0.15) is 11.6 Å². The predicted octanol–water partition coefficient (Wildman–Crippen LogP) is 3.68. The van der Waals surface area contributed by atoms with Gasteiger partial charge in [0.2, 0.25) is 0 Å². The SMILES string of the molecule is Cc1ccc(NC(=O)COc2ccc(C#N)cc2Cl)cc1F. The van der Waals surface area contributed by atoms with E-state index in [9.17, 15) is 9.18 Å². The van der Waals surface area contributed by atoms with Gasteiger partial charge in [-0.1, -0.05) is 17.7 Å². The van der Waals surface area contributed by atoms with Crippen molar-refractivity contribution in [3.63, 3.8) is 0 Å². The van der Waals surface area contributed by atoms with E-state index in [2.05, 4.69) is 5.32 Å². The maximum Gasteiger partial charge on any atom is 0.262 e. The molecule has 0 heterocycles. The van der Waals surface area contributed by atoms with Crippen molar-refractivity contribution in [2.45, 2.75) is 6.92 Å². The zero-order valence-corrected chi connectivity index (χ0v) is 12.4. The van der Waals surface area contributed by atoms with Crippen LogP contribution in [0.25, 0.3) is 0 Å². The number of nitriles is 1. The van der Waals surface area contributed by atoms with Gasteiger partial charge in [-0.25, -0.2) is 4.39 Å². The van der Waals surface area contributed by atoms with E-state index >= 15 is 0 Å². The van der Waals surface area contributed by atoms with Crippen LogP contribution in [0.4, 0.5) is 10.1 Å². The number of aryl methyl sites for hydroxylation is 1. The van der Waals surface area contributed by atoms with Crippen molar-refractivity contribution in [2.24, 2.45) is 0 Å². The first-order chi connectivity index (χ1) is 10.5. The number of nitrogens with one attached hydrogen (secondary N) is 1. The average molecular weight is 319 g/mol. The molecule has 4 nitrogen and oxygen atoms in total. The highest BCUT2D eigenvalue weighted by Crippen LogP contribution is 2.25. The molecule has 1 amide bonds. The Kier molecular flexibility index (Phi) is 4.97. The largest absolute Gasteiger partial charge is 0.482 e. The molecule has 6 heteroatoms. The first kappa shape index (κ1) is 15.8. The van der Waals surface area contributed by atoms with Crippen LogP contribution in [-0.4, -0.2) is 12.5 Å². The van der Waals surface area contributed by atoms with Gasteiger partial charge in [0.05, 0.1) is 16.7 Å². The van der Waals surface area contributed by atoms with E-state index in [-0.39, 0.29) is 11.6 Å². The van der Waals surface area contributed by atoms with E-state index in [1.165, 1.54) is 24.3 Å². The molecule has 2 rings (SSSR count). The van der Waals surface area contributed by atoms with Crippen LogP contribution in [0, 0.1) is 24.1 Å². The van der Waals surface area contributed by atoms with Gasteiger partial charge < -0.3 is 10.1 Å². The molecule has 0 bridgehead atoms. The van der Waals surface area contributed by atoms with Crippen molar-refractivity contribution in [3.8, 4) is 11.8 Å². The second-order valence-electron chi connectivity index (χ2n) is 4.56. The third kappa shape index (κ3) is 3.96. The third-order valence-corrected chi connectivity index (χ3v) is 3.17. The lowest BCUT2D eigenvalue weighted by Gasteiger charge is -2.09. The van der Waals surface area contributed by atoms with Gasteiger partial charge in [0, 0.05) is 5.69 Å². The minimum Gasteiger partial charge on any atom is -0.482 e. The number of ether oxygens (including phenoxy) is 1. The molecule has 0 radical (unpaired) electrons. The normalized spacial score (nSPS) is 9.91. The fourth-order valence-corrected chi connectivity index (χ4v) is 1.93. The molecule has 2 aromatic rings. The van der Waals surface area contributed by atoms with Crippen molar-refractivity contribution < 1.29 is 13.9 Å². The Labute approximate surface area is 132 Å². The Morgan fingerprint density at radius 2 is 2.14 bits per heavy atom. The van der Waals surface area contributed by atoms with Gasteiger partial charge in [-0.2, -0.15) is 5.26 Å². The van der Waals surface area contributed by atoms with Gasteiger partial charge in [0.25, 0.3) is 5.91 Å². The number of amides is 1. The summed E-state index contributed by atoms with van der Waals surface area (Å²) in [6.45, 7) is 1.36. The van der Waals surface area contributed by atoms with E-state index in [4.69, 9.17) is 21.6 Å². The highest BCUT2D eigenvalue weighted by Gasteiger charge is 2.08. The molecule has 0 saturated carbocycles. The highest BCUT2D eigenvalue weighted by molar-refractivity contribution is 6.32. The second kappa shape index (κ2) is 6.92. The molecule has 0 aliphatic heterocycles. The van der Waals surface area contributed by atoms with Gasteiger partial charge in [-0.3, -0.25) is 4.79 Å². The van der Waals surface area contributed by atoms with Crippen molar-refractivity contribution in [2.75, 3.05) is 11.9 Å². The molecule has 0 fully saturated rings. The number of hydrogen-bond donors (Lipinski definition) is 1. The van der Waals surface area contributed by atoms with E-state index in [1.807, 2.05) is 6.07 Å². The van der Waals surface area contributed by atoms with Crippen LogP contribution in [0.15, 0.2) is 36.4 Å². The van der Waals surface area contributed by atoms with E-state index in [0.29, 0.717) is 22.6 Å². The van der Waals surface area contributed by atoms with E-state index in [0.717, 1.165) is 0 Å². The summed E-state index contributed by atoms with van der Waals surface area (Å²) in [5.41, 5.74) is 1.25. The Morgan fingerprint density at radius 1 is 1.36 bits per heavy atom. The summed E-state index contributed by atoms with van der Waals surface area (Å²) in [6.07, 6.45) is 0. The fourth-order valence-electron chi connectivity index (χ4n) is 1.70. The zero-order valence-electron chi connectivity index (χ0n) is 11.7. The Balaban J connectivity index is 1.95. The molecule has 0 atom stereocenters. The smallest absolute Gasteiger partial charge is 0.262 e. The van der Waals surface area contributed by atoms with Crippen LogP contribution in [0.1, 0.15) is 11.1 Å². The van der Waals surface area contributed by atoms with E-state index in [1.54, 1.807) is 19.1 Å². The predicted molar refractivity (Wildman–Crippen MR) is 81.4 cm³/mol. The molecule has 0 unspecified atom stereocenters. The molecule has 22 heavy (non-hydrogen) atoms. The number of carbonyl (C=O) groups excluding carboxylic acids is 1. The minimum atomic E-state index is -0.441. The summed E-state index contributed by atoms with van der Waals surface area (Å²) < 4.78 is 18.7. The molecule has 0 saturated heterocycles. The number of nitrogens with zero attached hydrogens (tertiary/aromatic N) is 1. The Hall–Kier alpha value is -2.58. The lowest BCUT2D eigenvalue weighted by Crippen LogP contribution is -2.20. The topological polar surface area (TPSA) is 62.1 Å². The van der Waals surface area contributed by atoms with Crippen LogP contribution in [0.2, 0.25) is 5.02 Å². The van der Waals surface area contributed by atoms with Crippen LogP contribution in [-0.2, 0) is 4.79 Å². The van der Waals surface area contributed by atoms with Crippen LogP contribution in [0.5, 0.6) is 5.75 Å². The maximum absolute atomic E-state index is 13.4. The molecule has 0 aromatic heterocycles. The molecule has 0 spiro atoms. The Morgan fingerprint density at radius 3 is 2.77 bits per heavy atom. The molecule has 1 N–H and O–H groups in total. The number of halogens is 2. The number of rotatable bonds is 4. The molecule has 112 valence electrons. The molecular formula is C16H12ClFN2O2. The molecule has 0 aliphatic carbocycles. The van der Waals surface area contributed by atoms with Gasteiger partial charge in [0.15, 0.2) is 6.61 Å². The number of anilines is 1. The zero-order chi connectivity index (χ0) is 16.1.